The molecule has 0 fully saturated rings. The van der Waals surface area contributed by atoms with E-state index in [4.69, 9.17) is 37.0 Å². The molecule has 17 nitrogen and oxygen atoms in total. The van der Waals surface area contributed by atoms with Crippen LogP contribution in [0.1, 0.15) is 336 Å². The minimum Gasteiger partial charge on any atom is -0.462 e. The number of hydrogen-bond donors (Lipinski definition) is 3. The summed E-state index contributed by atoms with van der Waals surface area (Å²) >= 11 is 0. The quantitative estimate of drug-likeness (QED) is 0.0222. The molecule has 0 rings (SSSR count). The van der Waals surface area contributed by atoms with Crippen LogP contribution >= 0.6 is 15.6 Å². The van der Waals surface area contributed by atoms with Crippen LogP contribution in [0.15, 0.2) is 0 Å². The van der Waals surface area contributed by atoms with Crippen molar-refractivity contribution < 1.29 is 80.2 Å². The summed E-state index contributed by atoms with van der Waals surface area (Å²) in [6, 6.07) is 0. The van der Waals surface area contributed by atoms with E-state index in [-0.39, 0.29) is 25.7 Å². The molecular weight excluding hydrogens is 1130 g/mol. The highest BCUT2D eigenvalue weighted by Gasteiger charge is 2.30. The van der Waals surface area contributed by atoms with Crippen LogP contribution in [-0.2, 0) is 65.4 Å². The van der Waals surface area contributed by atoms with Gasteiger partial charge >= 0.3 is 39.5 Å². The standard InChI is InChI=1S/C66H128O17P2/c1-6-9-12-15-17-18-19-20-21-22-23-24-25-30-33-37-42-47-52-66(71)83-62(56-77-64(69)50-45-40-36-32-29-27-26-28-31-35-39-43-48-59(4)5)58-81-85(74,75)79-54-60(67)53-78-84(72,73)80-57-61(55-76-63(68)49-44-38-14-11-8-3)82-65(70)51-46-41-34-16-13-10-7-2/h59-62,67H,6-58H2,1-5H3,(H,72,73)(H,74,75)/t60-,61+,62+/m0/s1. The molecule has 0 saturated heterocycles. The second kappa shape index (κ2) is 59.7. The van der Waals surface area contributed by atoms with Crippen LogP contribution < -0.4 is 0 Å². The monoisotopic (exact) mass is 1250 g/mol. The van der Waals surface area contributed by atoms with Crippen molar-refractivity contribution in [3.63, 3.8) is 0 Å². The molecule has 0 amide bonds. The Bertz CT molecular complexity index is 1650. The molecule has 0 spiro atoms. The number of esters is 4. The summed E-state index contributed by atoms with van der Waals surface area (Å²) in [5.74, 6) is -1.36. The second-order valence-electron chi connectivity index (χ2n) is 24.3. The van der Waals surface area contributed by atoms with Crippen LogP contribution in [0.25, 0.3) is 0 Å². The van der Waals surface area contributed by atoms with Gasteiger partial charge in [0, 0.05) is 25.7 Å². The highest BCUT2D eigenvalue weighted by molar-refractivity contribution is 7.47. The van der Waals surface area contributed by atoms with Gasteiger partial charge < -0.3 is 33.8 Å². The molecule has 0 heterocycles. The predicted octanol–water partition coefficient (Wildman–Crippen LogP) is 18.6. The van der Waals surface area contributed by atoms with Crippen molar-refractivity contribution in [3.8, 4) is 0 Å². The summed E-state index contributed by atoms with van der Waals surface area (Å²) in [6.07, 6.45) is 45.0. The number of rotatable bonds is 66. The molecule has 0 saturated carbocycles. The highest BCUT2D eigenvalue weighted by Crippen LogP contribution is 2.45. The lowest BCUT2D eigenvalue weighted by molar-refractivity contribution is -0.161. The number of ether oxygens (including phenoxy) is 4. The van der Waals surface area contributed by atoms with Crippen LogP contribution in [0.5, 0.6) is 0 Å². The Morgan fingerprint density at radius 1 is 0.318 bits per heavy atom. The Balaban J connectivity index is 5.12. The first-order valence-corrected chi connectivity index (χ1v) is 37.6. The van der Waals surface area contributed by atoms with Gasteiger partial charge in [-0.1, -0.05) is 285 Å². The fraction of sp³-hybridized carbons (Fsp3) is 0.939. The van der Waals surface area contributed by atoms with Gasteiger partial charge in [-0.2, -0.15) is 0 Å². The molecular formula is C66H128O17P2. The lowest BCUT2D eigenvalue weighted by Gasteiger charge is -2.21. The Morgan fingerprint density at radius 3 is 0.800 bits per heavy atom. The topological polar surface area (TPSA) is 237 Å². The molecule has 0 aromatic heterocycles. The van der Waals surface area contributed by atoms with Gasteiger partial charge in [-0.25, -0.2) is 9.13 Å². The Hall–Kier alpha value is -1.94. The largest absolute Gasteiger partial charge is 0.472 e. The summed E-state index contributed by atoms with van der Waals surface area (Å²) in [6.45, 7) is 7.09. The average molecular weight is 1260 g/mol. The highest BCUT2D eigenvalue weighted by atomic mass is 31.2. The second-order valence-corrected chi connectivity index (χ2v) is 27.2. The molecule has 0 bridgehead atoms. The molecule has 0 radical (unpaired) electrons. The zero-order valence-electron chi connectivity index (χ0n) is 54.7. The molecule has 504 valence electrons. The lowest BCUT2D eigenvalue weighted by atomic mass is 10.0. The van der Waals surface area contributed by atoms with E-state index in [1.807, 2.05) is 0 Å². The number of unbranched alkanes of at least 4 members (excludes halogenated alkanes) is 38. The van der Waals surface area contributed by atoms with E-state index in [0.29, 0.717) is 25.7 Å². The third kappa shape index (κ3) is 60.7. The maximum Gasteiger partial charge on any atom is 0.472 e. The lowest BCUT2D eigenvalue weighted by Crippen LogP contribution is -2.30. The van der Waals surface area contributed by atoms with Crippen molar-refractivity contribution in [2.45, 2.75) is 355 Å². The number of hydrogen-bond acceptors (Lipinski definition) is 15. The minimum absolute atomic E-state index is 0.103. The fourth-order valence-electron chi connectivity index (χ4n) is 9.94. The number of phosphoric acid groups is 2. The number of aliphatic hydroxyl groups excluding tert-OH is 1. The number of carbonyl (C=O) groups is 4. The molecule has 85 heavy (non-hydrogen) atoms. The van der Waals surface area contributed by atoms with Gasteiger partial charge in [-0.3, -0.25) is 37.3 Å². The van der Waals surface area contributed by atoms with Crippen molar-refractivity contribution in [2.24, 2.45) is 5.92 Å². The molecule has 5 atom stereocenters. The third-order valence-corrected chi connectivity index (χ3v) is 17.2. The summed E-state index contributed by atoms with van der Waals surface area (Å²) in [4.78, 5) is 71.9. The molecule has 0 aliphatic rings. The van der Waals surface area contributed by atoms with Gasteiger partial charge in [0.05, 0.1) is 26.4 Å². The van der Waals surface area contributed by atoms with Gasteiger partial charge in [0.25, 0.3) is 0 Å². The molecule has 0 aromatic carbocycles. The van der Waals surface area contributed by atoms with Gasteiger partial charge in [-0.05, 0) is 31.6 Å². The van der Waals surface area contributed by atoms with Crippen LogP contribution in [0, 0.1) is 5.92 Å². The van der Waals surface area contributed by atoms with Crippen molar-refractivity contribution in [1.29, 1.82) is 0 Å². The predicted molar refractivity (Wildman–Crippen MR) is 340 cm³/mol. The Kier molecular flexibility index (Phi) is 58.3. The van der Waals surface area contributed by atoms with Gasteiger partial charge in [-0.15, -0.1) is 0 Å². The van der Waals surface area contributed by atoms with Crippen LogP contribution in [0.4, 0.5) is 0 Å². The minimum atomic E-state index is -4.94. The molecule has 19 heteroatoms. The average Bonchev–Trinajstić information content (AvgIpc) is 3.57. The number of carbonyl (C=O) groups excluding carboxylic acids is 4. The maximum atomic E-state index is 13.0. The molecule has 0 aliphatic heterocycles. The summed E-state index contributed by atoms with van der Waals surface area (Å²) in [7, 11) is -9.87. The summed E-state index contributed by atoms with van der Waals surface area (Å²) in [5.41, 5.74) is 0. The Labute approximate surface area is 517 Å². The SMILES string of the molecule is CCCCCCCCCCCCCCCCCCCCC(=O)O[C@H](COC(=O)CCCCCCCCCCCCCCC(C)C)COP(=O)(O)OC[C@@H](O)COP(=O)(O)OC[C@@H](COC(=O)CCCCCCC)OC(=O)CCCCCCCCC. The van der Waals surface area contributed by atoms with E-state index in [2.05, 4.69) is 34.6 Å². The van der Waals surface area contributed by atoms with Crippen LogP contribution in [0.2, 0.25) is 0 Å². The van der Waals surface area contributed by atoms with E-state index in [1.165, 1.54) is 141 Å². The van der Waals surface area contributed by atoms with Crippen LogP contribution in [-0.4, -0.2) is 96.7 Å². The fourth-order valence-corrected chi connectivity index (χ4v) is 11.5. The van der Waals surface area contributed by atoms with E-state index < -0.39 is 97.5 Å². The normalized spacial score (nSPS) is 14.2. The third-order valence-electron chi connectivity index (χ3n) is 15.3. The van der Waals surface area contributed by atoms with E-state index >= 15 is 0 Å². The van der Waals surface area contributed by atoms with Crippen molar-refractivity contribution >= 4 is 39.5 Å². The number of phosphoric ester groups is 2. The molecule has 2 unspecified atom stereocenters. The van der Waals surface area contributed by atoms with E-state index in [0.717, 1.165) is 115 Å². The molecule has 0 aromatic rings. The van der Waals surface area contributed by atoms with Gasteiger partial charge in [0.15, 0.2) is 12.2 Å². The summed E-state index contributed by atoms with van der Waals surface area (Å²) < 4.78 is 67.8. The number of aliphatic hydroxyl groups is 1. The van der Waals surface area contributed by atoms with E-state index in [1.54, 1.807) is 0 Å². The van der Waals surface area contributed by atoms with Crippen molar-refractivity contribution in [2.75, 3.05) is 39.6 Å². The molecule has 3 N–H and O–H groups in total. The zero-order valence-corrected chi connectivity index (χ0v) is 56.5. The zero-order chi connectivity index (χ0) is 62.8. The maximum absolute atomic E-state index is 13.0. The molecule has 0 aliphatic carbocycles. The Morgan fingerprint density at radius 2 is 0.541 bits per heavy atom. The first kappa shape index (κ1) is 83.1. The first-order chi connectivity index (χ1) is 41.0. The summed E-state index contributed by atoms with van der Waals surface area (Å²) in [5, 5.41) is 10.5. The van der Waals surface area contributed by atoms with E-state index in [9.17, 15) is 43.2 Å². The van der Waals surface area contributed by atoms with Crippen molar-refractivity contribution in [3.05, 3.63) is 0 Å². The smallest absolute Gasteiger partial charge is 0.462 e. The van der Waals surface area contributed by atoms with Crippen LogP contribution in [0.3, 0.4) is 0 Å². The van der Waals surface area contributed by atoms with Crippen molar-refractivity contribution in [1.82, 2.24) is 0 Å². The van der Waals surface area contributed by atoms with Gasteiger partial charge in [0.2, 0.25) is 0 Å². The van der Waals surface area contributed by atoms with Gasteiger partial charge in [0.1, 0.15) is 19.3 Å². The first-order valence-electron chi connectivity index (χ1n) is 34.6.